The first kappa shape index (κ1) is 17.1. The van der Waals surface area contributed by atoms with E-state index in [-0.39, 0.29) is 10.5 Å². The van der Waals surface area contributed by atoms with Gasteiger partial charge in [-0.3, -0.25) is 4.79 Å². The van der Waals surface area contributed by atoms with E-state index in [9.17, 15) is 17.6 Å². The zero-order chi connectivity index (χ0) is 17.0. The van der Waals surface area contributed by atoms with Gasteiger partial charge in [-0.2, -0.15) is 4.72 Å². The van der Waals surface area contributed by atoms with Crippen molar-refractivity contribution < 1.29 is 22.3 Å². The van der Waals surface area contributed by atoms with Crippen molar-refractivity contribution in [2.24, 2.45) is 0 Å². The number of benzene rings is 2. The maximum atomic E-state index is 13.2. The average Bonchev–Trinajstić information content (AvgIpc) is 2.48. The van der Waals surface area contributed by atoms with Gasteiger partial charge in [0, 0.05) is 0 Å². The molecular weight excluding hydrogens is 321 g/mol. The van der Waals surface area contributed by atoms with Gasteiger partial charge in [0.25, 0.3) is 0 Å². The van der Waals surface area contributed by atoms with Crippen LogP contribution in [0.15, 0.2) is 47.4 Å². The molecule has 122 valence electrons. The Hall–Kier alpha value is -2.25. The van der Waals surface area contributed by atoms with Crippen molar-refractivity contribution in [3.63, 3.8) is 0 Å². The highest BCUT2D eigenvalue weighted by atomic mass is 32.2. The summed E-state index contributed by atoms with van der Waals surface area (Å²) >= 11 is 0. The molecule has 0 heterocycles. The van der Waals surface area contributed by atoms with Crippen molar-refractivity contribution >= 4 is 16.0 Å². The van der Waals surface area contributed by atoms with Crippen molar-refractivity contribution in [2.45, 2.75) is 18.7 Å². The molecule has 2 aromatic rings. The molecule has 1 N–H and O–H groups in total. The first-order valence-electron chi connectivity index (χ1n) is 6.81. The summed E-state index contributed by atoms with van der Waals surface area (Å²) in [5.74, 6) is -0.896. The fourth-order valence-corrected chi connectivity index (χ4v) is 2.92. The quantitative estimate of drug-likeness (QED) is 0.671. The minimum Gasteiger partial charge on any atom is -0.426 e. The van der Waals surface area contributed by atoms with Gasteiger partial charge < -0.3 is 4.74 Å². The van der Waals surface area contributed by atoms with Gasteiger partial charge in [-0.05, 0) is 55.3 Å². The smallest absolute Gasteiger partial charge is 0.326 e. The summed E-state index contributed by atoms with van der Waals surface area (Å²) in [6, 6.07) is 10.2. The summed E-state index contributed by atoms with van der Waals surface area (Å²) in [5.41, 5.74) is 1.12. The first-order valence-corrected chi connectivity index (χ1v) is 8.29. The third-order valence-corrected chi connectivity index (χ3v) is 4.47. The zero-order valence-corrected chi connectivity index (χ0v) is 13.5. The van der Waals surface area contributed by atoms with Crippen LogP contribution >= 0.6 is 0 Å². The Morgan fingerprint density at radius 3 is 2.57 bits per heavy atom. The highest BCUT2D eigenvalue weighted by Crippen LogP contribution is 2.15. The van der Waals surface area contributed by atoms with Gasteiger partial charge in [0.1, 0.15) is 18.1 Å². The Morgan fingerprint density at radius 2 is 1.91 bits per heavy atom. The molecule has 2 rings (SSSR count). The monoisotopic (exact) mass is 337 g/mol. The molecule has 0 aromatic heterocycles. The number of carbonyl (C=O) groups is 1. The lowest BCUT2D eigenvalue weighted by atomic mass is 10.2. The van der Waals surface area contributed by atoms with Gasteiger partial charge in [-0.1, -0.05) is 12.1 Å². The van der Waals surface area contributed by atoms with E-state index in [0.717, 1.165) is 17.7 Å². The minimum absolute atomic E-state index is 0.111. The summed E-state index contributed by atoms with van der Waals surface area (Å²) in [4.78, 5) is 11.6. The lowest BCUT2D eigenvalue weighted by Crippen LogP contribution is -2.32. The molecule has 0 saturated carbocycles. The number of hydrogen-bond acceptors (Lipinski definition) is 4. The summed E-state index contributed by atoms with van der Waals surface area (Å²) < 4.78 is 44.5. The molecule has 0 spiro atoms. The number of ether oxygens (including phenoxy) is 1. The van der Waals surface area contributed by atoms with E-state index in [4.69, 9.17) is 4.74 Å². The topological polar surface area (TPSA) is 72.5 Å². The molecule has 23 heavy (non-hydrogen) atoms. The lowest BCUT2D eigenvalue weighted by Gasteiger charge is -2.08. The van der Waals surface area contributed by atoms with Crippen LogP contribution in [0.5, 0.6) is 5.75 Å². The number of hydrogen-bond donors (Lipinski definition) is 1. The molecule has 0 aliphatic rings. The van der Waals surface area contributed by atoms with E-state index in [1.807, 2.05) is 13.0 Å². The summed E-state index contributed by atoms with van der Waals surface area (Å²) in [6.45, 7) is 2.78. The zero-order valence-electron chi connectivity index (χ0n) is 12.7. The van der Waals surface area contributed by atoms with Crippen molar-refractivity contribution in [3.8, 4) is 5.75 Å². The Morgan fingerprint density at radius 1 is 1.17 bits per heavy atom. The molecule has 0 aliphatic heterocycles. The molecular formula is C16H16FNO4S. The molecule has 0 unspecified atom stereocenters. The van der Waals surface area contributed by atoms with Crippen LogP contribution in [-0.2, 0) is 14.8 Å². The van der Waals surface area contributed by atoms with E-state index in [2.05, 4.69) is 4.72 Å². The number of sulfonamides is 1. The van der Waals surface area contributed by atoms with Crippen molar-refractivity contribution in [1.29, 1.82) is 0 Å². The number of nitrogens with one attached hydrogen (secondary N) is 1. The normalized spacial score (nSPS) is 11.3. The summed E-state index contributed by atoms with van der Waals surface area (Å²) in [7, 11) is -3.91. The number of rotatable bonds is 5. The fourth-order valence-electron chi connectivity index (χ4n) is 1.87. The predicted molar refractivity (Wildman–Crippen MR) is 83.1 cm³/mol. The molecule has 0 radical (unpaired) electrons. The van der Waals surface area contributed by atoms with Gasteiger partial charge in [0.05, 0.1) is 4.90 Å². The van der Waals surface area contributed by atoms with Crippen LogP contribution in [0.4, 0.5) is 4.39 Å². The van der Waals surface area contributed by atoms with Crippen LogP contribution in [0.1, 0.15) is 11.1 Å². The third-order valence-electron chi connectivity index (χ3n) is 3.07. The predicted octanol–water partition coefficient (Wildman–Crippen LogP) is 2.33. The van der Waals surface area contributed by atoms with Crippen LogP contribution in [0.2, 0.25) is 0 Å². The molecule has 0 atom stereocenters. The number of carbonyl (C=O) groups excluding carboxylic acids is 1. The second kappa shape index (κ2) is 6.89. The SMILES string of the molecule is Cc1cccc(OC(=O)CNS(=O)(=O)c2ccc(F)c(C)c2)c1. The van der Waals surface area contributed by atoms with E-state index >= 15 is 0 Å². The Balaban J connectivity index is 2.01. The molecule has 0 saturated heterocycles. The fraction of sp³-hybridized carbons (Fsp3) is 0.188. The molecule has 2 aromatic carbocycles. The molecule has 0 bridgehead atoms. The largest absolute Gasteiger partial charge is 0.426 e. The van der Waals surface area contributed by atoms with E-state index in [0.29, 0.717) is 5.75 Å². The van der Waals surface area contributed by atoms with Crippen LogP contribution in [-0.4, -0.2) is 20.9 Å². The van der Waals surface area contributed by atoms with Gasteiger partial charge in [0.15, 0.2) is 0 Å². The highest BCUT2D eigenvalue weighted by molar-refractivity contribution is 7.89. The Kier molecular flexibility index (Phi) is 5.12. The van der Waals surface area contributed by atoms with Crippen LogP contribution in [0.3, 0.4) is 0 Å². The maximum absolute atomic E-state index is 13.2. The van der Waals surface area contributed by atoms with Gasteiger partial charge >= 0.3 is 5.97 Å². The van der Waals surface area contributed by atoms with Crippen LogP contribution in [0.25, 0.3) is 0 Å². The average molecular weight is 337 g/mol. The van der Waals surface area contributed by atoms with Gasteiger partial charge in [-0.15, -0.1) is 0 Å². The molecule has 0 aliphatic carbocycles. The maximum Gasteiger partial charge on any atom is 0.326 e. The van der Waals surface area contributed by atoms with E-state index in [1.165, 1.54) is 13.0 Å². The van der Waals surface area contributed by atoms with Crippen molar-refractivity contribution in [3.05, 3.63) is 59.4 Å². The minimum atomic E-state index is -3.91. The number of halogens is 1. The summed E-state index contributed by atoms with van der Waals surface area (Å²) in [6.07, 6.45) is 0. The van der Waals surface area contributed by atoms with E-state index < -0.39 is 28.4 Å². The lowest BCUT2D eigenvalue weighted by molar-refractivity contribution is -0.133. The third kappa shape index (κ3) is 4.61. The van der Waals surface area contributed by atoms with Crippen molar-refractivity contribution in [1.82, 2.24) is 4.72 Å². The standard InChI is InChI=1S/C16H16FNO4S/c1-11-4-3-5-13(8-11)22-16(19)10-18-23(20,21)14-6-7-15(17)12(2)9-14/h3-9,18H,10H2,1-2H3. The Labute approximate surface area is 134 Å². The van der Waals surface area contributed by atoms with E-state index in [1.54, 1.807) is 18.2 Å². The number of esters is 1. The molecule has 5 nitrogen and oxygen atoms in total. The second-order valence-corrected chi connectivity index (χ2v) is 6.79. The molecule has 0 amide bonds. The van der Waals surface area contributed by atoms with Crippen LogP contribution < -0.4 is 9.46 Å². The van der Waals surface area contributed by atoms with Gasteiger partial charge in [-0.25, -0.2) is 12.8 Å². The van der Waals surface area contributed by atoms with Gasteiger partial charge in [0.2, 0.25) is 10.0 Å². The Bertz CT molecular complexity index is 834. The van der Waals surface area contributed by atoms with Crippen molar-refractivity contribution in [2.75, 3.05) is 6.54 Å². The second-order valence-electron chi connectivity index (χ2n) is 5.03. The highest BCUT2D eigenvalue weighted by Gasteiger charge is 2.17. The first-order chi connectivity index (χ1) is 10.8. The molecule has 7 heteroatoms. The summed E-state index contributed by atoms with van der Waals surface area (Å²) in [5, 5.41) is 0. The number of aryl methyl sites for hydroxylation is 2. The molecule has 0 fully saturated rings. The van der Waals surface area contributed by atoms with Crippen LogP contribution in [0, 0.1) is 19.7 Å².